The molecule has 1 amide bonds. The van der Waals surface area contributed by atoms with Crippen LogP contribution < -0.4 is 4.74 Å². The first kappa shape index (κ1) is 17.3. The molecular formula is C18H25NO4. The van der Waals surface area contributed by atoms with Crippen LogP contribution in [-0.4, -0.2) is 43.1 Å². The molecule has 0 bridgehead atoms. The van der Waals surface area contributed by atoms with Crippen molar-refractivity contribution in [2.45, 2.75) is 32.6 Å². The molecule has 1 aliphatic rings. The van der Waals surface area contributed by atoms with Crippen molar-refractivity contribution >= 4 is 11.9 Å². The van der Waals surface area contributed by atoms with E-state index in [9.17, 15) is 9.59 Å². The molecule has 1 atom stereocenters. The van der Waals surface area contributed by atoms with Gasteiger partial charge in [-0.1, -0.05) is 18.2 Å². The SMILES string of the molecule is CCOC(=O)[C@H]1CCCN(C(=O)CCCOc2ccccc2)C1. The Morgan fingerprint density at radius 1 is 1.26 bits per heavy atom. The number of nitrogens with zero attached hydrogens (tertiary/aromatic N) is 1. The van der Waals surface area contributed by atoms with Crippen LogP contribution in [0.4, 0.5) is 0 Å². The number of benzene rings is 1. The van der Waals surface area contributed by atoms with Gasteiger partial charge in [0.25, 0.3) is 0 Å². The van der Waals surface area contributed by atoms with E-state index in [-0.39, 0.29) is 17.8 Å². The summed E-state index contributed by atoms with van der Waals surface area (Å²) in [4.78, 5) is 25.8. The summed E-state index contributed by atoms with van der Waals surface area (Å²) in [5.74, 6) is 0.557. The standard InChI is InChI=1S/C18H25NO4/c1-2-22-18(21)15-8-6-12-19(14-15)17(20)11-7-13-23-16-9-4-3-5-10-16/h3-5,9-10,15H,2,6-8,11-14H2,1H3/t15-/m0/s1. The third-order valence-electron chi connectivity index (χ3n) is 3.94. The lowest BCUT2D eigenvalue weighted by Gasteiger charge is -2.31. The summed E-state index contributed by atoms with van der Waals surface area (Å²) >= 11 is 0. The Morgan fingerprint density at radius 3 is 2.78 bits per heavy atom. The fourth-order valence-electron chi connectivity index (χ4n) is 2.74. The third-order valence-corrected chi connectivity index (χ3v) is 3.94. The van der Waals surface area contributed by atoms with Crippen molar-refractivity contribution < 1.29 is 19.1 Å². The molecular weight excluding hydrogens is 294 g/mol. The van der Waals surface area contributed by atoms with Gasteiger partial charge in [-0.05, 0) is 38.3 Å². The number of carbonyl (C=O) groups is 2. The van der Waals surface area contributed by atoms with Gasteiger partial charge in [-0.15, -0.1) is 0 Å². The first-order valence-electron chi connectivity index (χ1n) is 8.33. The number of likely N-dealkylation sites (tertiary alicyclic amines) is 1. The third kappa shape index (κ3) is 5.58. The van der Waals surface area contributed by atoms with Crippen molar-refractivity contribution in [3.63, 3.8) is 0 Å². The molecule has 0 spiro atoms. The molecule has 0 N–H and O–H groups in total. The van der Waals surface area contributed by atoms with E-state index < -0.39 is 0 Å². The number of hydrogen-bond acceptors (Lipinski definition) is 4. The number of hydrogen-bond donors (Lipinski definition) is 0. The van der Waals surface area contributed by atoms with Gasteiger partial charge in [0.15, 0.2) is 0 Å². The van der Waals surface area contributed by atoms with Crippen LogP contribution in [0.15, 0.2) is 30.3 Å². The van der Waals surface area contributed by atoms with Crippen molar-refractivity contribution in [1.82, 2.24) is 4.90 Å². The molecule has 1 fully saturated rings. The number of carbonyl (C=O) groups excluding carboxylic acids is 2. The minimum atomic E-state index is -0.183. The van der Waals surface area contributed by atoms with Gasteiger partial charge < -0.3 is 14.4 Å². The van der Waals surface area contributed by atoms with Crippen molar-refractivity contribution in [3.8, 4) is 5.75 Å². The molecule has 2 rings (SSSR count). The highest BCUT2D eigenvalue weighted by Gasteiger charge is 2.28. The van der Waals surface area contributed by atoms with Crippen LogP contribution in [0.3, 0.4) is 0 Å². The molecule has 0 aromatic heterocycles. The van der Waals surface area contributed by atoms with E-state index in [1.54, 1.807) is 11.8 Å². The predicted molar refractivity (Wildman–Crippen MR) is 87.1 cm³/mol. The van der Waals surface area contributed by atoms with Gasteiger partial charge in [-0.2, -0.15) is 0 Å². The second kappa shape index (κ2) is 9.18. The van der Waals surface area contributed by atoms with Gasteiger partial charge >= 0.3 is 5.97 Å². The Bertz CT molecular complexity index is 503. The Labute approximate surface area is 137 Å². The van der Waals surface area contributed by atoms with E-state index in [1.807, 2.05) is 30.3 Å². The van der Waals surface area contributed by atoms with Crippen molar-refractivity contribution in [2.24, 2.45) is 5.92 Å². The first-order chi connectivity index (χ1) is 11.2. The zero-order valence-electron chi connectivity index (χ0n) is 13.7. The normalized spacial score (nSPS) is 17.6. The molecule has 5 nitrogen and oxygen atoms in total. The maximum absolute atomic E-state index is 12.3. The minimum Gasteiger partial charge on any atom is -0.494 e. The Hall–Kier alpha value is -2.04. The van der Waals surface area contributed by atoms with E-state index in [0.717, 1.165) is 25.1 Å². The van der Waals surface area contributed by atoms with Crippen LogP contribution >= 0.6 is 0 Å². The Morgan fingerprint density at radius 2 is 2.04 bits per heavy atom. The lowest BCUT2D eigenvalue weighted by Crippen LogP contribution is -2.42. The van der Waals surface area contributed by atoms with Crippen molar-refractivity contribution in [2.75, 3.05) is 26.3 Å². The maximum atomic E-state index is 12.3. The molecule has 0 unspecified atom stereocenters. The second-order valence-corrected chi connectivity index (χ2v) is 5.70. The molecule has 23 heavy (non-hydrogen) atoms. The number of esters is 1. The minimum absolute atomic E-state index is 0.0932. The summed E-state index contributed by atoms with van der Waals surface area (Å²) in [7, 11) is 0. The van der Waals surface area contributed by atoms with Gasteiger partial charge in [-0.3, -0.25) is 9.59 Å². The highest BCUT2D eigenvalue weighted by molar-refractivity contribution is 5.78. The zero-order valence-corrected chi connectivity index (χ0v) is 13.7. The largest absolute Gasteiger partial charge is 0.494 e. The summed E-state index contributed by atoms with van der Waals surface area (Å²) in [6.07, 6.45) is 2.78. The second-order valence-electron chi connectivity index (χ2n) is 5.70. The maximum Gasteiger partial charge on any atom is 0.310 e. The number of amides is 1. The van der Waals surface area contributed by atoms with Crippen LogP contribution in [-0.2, 0) is 14.3 Å². The van der Waals surface area contributed by atoms with Crippen LogP contribution in [0.5, 0.6) is 5.75 Å². The first-order valence-corrected chi connectivity index (χ1v) is 8.33. The average molecular weight is 319 g/mol. The molecule has 1 aromatic rings. The van der Waals surface area contributed by atoms with Crippen LogP contribution in [0.25, 0.3) is 0 Å². The van der Waals surface area contributed by atoms with Gasteiger partial charge in [0, 0.05) is 19.5 Å². The van der Waals surface area contributed by atoms with E-state index in [4.69, 9.17) is 9.47 Å². The summed E-state index contributed by atoms with van der Waals surface area (Å²) in [6, 6.07) is 9.58. The molecule has 1 aliphatic heterocycles. The Kier molecular flexibility index (Phi) is 6.91. The topological polar surface area (TPSA) is 55.8 Å². The van der Waals surface area contributed by atoms with Crippen LogP contribution in [0, 0.1) is 5.92 Å². The predicted octanol–water partition coefficient (Wildman–Crippen LogP) is 2.65. The fourth-order valence-corrected chi connectivity index (χ4v) is 2.74. The quantitative estimate of drug-likeness (QED) is 0.573. The average Bonchev–Trinajstić information content (AvgIpc) is 2.60. The highest BCUT2D eigenvalue weighted by atomic mass is 16.5. The van der Waals surface area contributed by atoms with Gasteiger partial charge in [-0.25, -0.2) is 0 Å². The number of rotatable bonds is 7. The monoisotopic (exact) mass is 319 g/mol. The number of para-hydroxylation sites is 1. The molecule has 1 aromatic carbocycles. The van der Waals surface area contributed by atoms with Gasteiger partial charge in [0.05, 0.1) is 19.1 Å². The Balaban J connectivity index is 1.69. The molecule has 0 radical (unpaired) electrons. The summed E-state index contributed by atoms with van der Waals surface area (Å²) < 4.78 is 10.7. The van der Waals surface area contributed by atoms with E-state index in [1.165, 1.54) is 0 Å². The lowest BCUT2D eigenvalue weighted by molar-refractivity contribution is -0.151. The van der Waals surface area contributed by atoms with Gasteiger partial charge in [0.1, 0.15) is 5.75 Å². The van der Waals surface area contributed by atoms with Gasteiger partial charge in [0.2, 0.25) is 5.91 Å². The van der Waals surface area contributed by atoms with Crippen LogP contribution in [0.1, 0.15) is 32.6 Å². The van der Waals surface area contributed by atoms with Crippen LogP contribution in [0.2, 0.25) is 0 Å². The lowest BCUT2D eigenvalue weighted by atomic mass is 9.98. The van der Waals surface area contributed by atoms with Crippen molar-refractivity contribution in [3.05, 3.63) is 30.3 Å². The summed E-state index contributed by atoms with van der Waals surface area (Å²) in [6.45, 7) is 3.92. The highest BCUT2D eigenvalue weighted by Crippen LogP contribution is 2.19. The van der Waals surface area contributed by atoms with E-state index >= 15 is 0 Å². The molecule has 1 heterocycles. The molecule has 126 valence electrons. The van der Waals surface area contributed by atoms with Crippen molar-refractivity contribution in [1.29, 1.82) is 0 Å². The molecule has 0 saturated carbocycles. The molecule has 1 saturated heterocycles. The fraction of sp³-hybridized carbons (Fsp3) is 0.556. The summed E-state index contributed by atoms with van der Waals surface area (Å²) in [5.41, 5.74) is 0. The van der Waals surface area contributed by atoms with E-state index in [0.29, 0.717) is 32.6 Å². The zero-order chi connectivity index (χ0) is 16.5. The smallest absolute Gasteiger partial charge is 0.310 e. The van der Waals surface area contributed by atoms with E-state index in [2.05, 4.69) is 0 Å². The molecule has 0 aliphatic carbocycles. The molecule has 5 heteroatoms. The number of ether oxygens (including phenoxy) is 2. The number of piperidine rings is 1. The summed E-state index contributed by atoms with van der Waals surface area (Å²) in [5, 5.41) is 0.